The molecule has 1 aliphatic carbocycles. The number of rotatable bonds is 3. The number of amides is 1. The van der Waals surface area contributed by atoms with Crippen molar-refractivity contribution in [2.24, 2.45) is 0 Å². The molecule has 0 spiro atoms. The molecule has 1 aromatic rings. The molecule has 3 heterocycles. The van der Waals surface area contributed by atoms with Gasteiger partial charge in [0.25, 0.3) is 5.91 Å². The lowest BCUT2D eigenvalue weighted by molar-refractivity contribution is 0.0914. The minimum Gasteiger partial charge on any atom is -0.360 e. The molecular formula is C14H18FN3O2. The van der Waals surface area contributed by atoms with Gasteiger partial charge in [0, 0.05) is 24.2 Å². The first-order valence-corrected chi connectivity index (χ1v) is 7.36. The Kier molecular flexibility index (Phi) is 2.80. The minimum atomic E-state index is -0.834. The molecule has 0 radical (unpaired) electrons. The molecule has 1 amide bonds. The zero-order valence-corrected chi connectivity index (χ0v) is 11.1. The summed E-state index contributed by atoms with van der Waals surface area (Å²) in [5.74, 6) is 0.0918. The van der Waals surface area contributed by atoms with E-state index in [1.54, 1.807) is 6.07 Å². The van der Waals surface area contributed by atoms with Gasteiger partial charge in [-0.05, 0) is 32.1 Å². The van der Waals surface area contributed by atoms with E-state index in [-0.39, 0.29) is 23.6 Å². The molecule has 3 fully saturated rings. The standard InChI is InChI=1S/C14H18FN3O2/c15-11-5-10(11)13-6-12(18-20-13)14(19)17-9-3-7-1-2-8(4-9)16-7/h6-11,16H,1-5H2,(H,17,19)/t7-,8+,9?,10-,11-/m0/s1. The molecule has 20 heavy (non-hydrogen) atoms. The van der Waals surface area contributed by atoms with E-state index in [0.29, 0.717) is 24.3 Å². The van der Waals surface area contributed by atoms with Crippen LogP contribution in [0.1, 0.15) is 54.3 Å². The van der Waals surface area contributed by atoms with Gasteiger partial charge in [-0.25, -0.2) is 4.39 Å². The van der Waals surface area contributed by atoms with Crippen LogP contribution in [0.5, 0.6) is 0 Å². The van der Waals surface area contributed by atoms with Gasteiger partial charge < -0.3 is 15.2 Å². The number of nitrogens with zero attached hydrogens (tertiary/aromatic N) is 1. The van der Waals surface area contributed by atoms with Gasteiger partial charge in [-0.15, -0.1) is 0 Å². The lowest BCUT2D eigenvalue weighted by Crippen LogP contribution is -2.48. The minimum absolute atomic E-state index is 0.196. The first-order chi connectivity index (χ1) is 9.69. The maximum atomic E-state index is 12.9. The number of hydrogen-bond donors (Lipinski definition) is 2. The van der Waals surface area contributed by atoms with Crippen molar-refractivity contribution in [1.82, 2.24) is 15.8 Å². The number of alkyl halides is 1. The third kappa shape index (κ3) is 2.22. The van der Waals surface area contributed by atoms with E-state index in [1.807, 2.05) is 0 Å². The molecule has 2 aliphatic heterocycles. The van der Waals surface area contributed by atoms with Gasteiger partial charge in [-0.1, -0.05) is 5.16 Å². The van der Waals surface area contributed by atoms with Crippen LogP contribution in [0.3, 0.4) is 0 Å². The highest BCUT2D eigenvalue weighted by Gasteiger charge is 2.42. The van der Waals surface area contributed by atoms with Crippen LogP contribution < -0.4 is 10.6 Å². The molecule has 2 N–H and O–H groups in total. The summed E-state index contributed by atoms with van der Waals surface area (Å²) in [7, 11) is 0. The summed E-state index contributed by atoms with van der Waals surface area (Å²) in [6.07, 6.45) is 3.99. The second-order valence-corrected chi connectivity index (χ2v) is 6.25. The fourth-order valence-electron chi connectivity index (χ4n) is 3.46. The lowest BCUT2D eigenvalue weighted by atomic mass is 10.00. The van der Waals surface area contributed by atoms with Gasteiger partial charge in [0.05, 0.1) is 5.92 Å². The van der Waals surface area contributed by atoms with E-state index in [4.69, 9.17) is 4.52 Å². The Hall–Kier alpha value is -1.43. The van der Waals surface area contributed by atoms with Gasteiger partial charge in [0.1, 0.15) is 11.9 Å². The first-order valence-electron chi connectivity index (χ1n) is 7.36. The number of aromatic nitrogens is 1. The highest BCUT2D eigenvalue weighted by atomic mass is 19.1. The molecule has 5 nitrogen and oxygen atoms in total. The Bertz CT molecular complexity index is 520. The van der Waals surface area contributed by atoms with E-state index in [9.17, 15) is 9.18 Å². The quantitative estimate of drug-likeness (QED) is 0.880. The lowest BCUT2D eigenvalue weighted by Gasteiger charge is -2.29. The number of piperidine rings is 1. The van der Waals surface area contributed by atoms with Crippen LogP contribution in [-0.4, -0.2) is 35.4 Å². The zero-order valence-electron chi connectivity index (χ0n) is 11.1. The molecule has 4 rings (SSSR count). The van der Waals surface area contributed by atoms with Gasteiger partial charge in [-0.3, -0.25) is 4.79 Å². The van der Waals surface area contributed by atoms with E-state index in [1.165, 1.54) is 12.8 Å². The molecule has 0 aromatic carbocycles. The van der Waals surface area contributed by atoms with E-state index < -0.39 is 6.17 Å². The summed E-state index contributed by atoms with van der Waals surface area (Å²) in [5, 5.41) is 10.3. The molecule has 1 aromatic heterocycles. The molecule has 5 atom stereocenters. The molecule has 3 aliphatic rings. The first kappa shape index (κ1) is 12.3. The zero-order chi connectivity index (χ0) is 13.7. The van der Waals surface area contributed by atoms with Crippen molar-refractivity contribution in [1.29, 1.82) is 0 Å². The average molecular weight is 279 g/mol. The van der Waals surface area contributed by atoms with Crippen molar-refractivity contribution in [3.05, 3.63) is 17.5 Å². The molecular weight excluding hydrogens is 261 g/mol. The van der Waals surface area contributed by atoms with Crippen molar-refractivity contribution in [2.45, 2.75) is 62.3 Å². The summed E-state index contributed by atoms with van der Waals surface area (Å²) in [4.78, 5) is 12.1. The number of carbonyl (C=O) groups is 1. The topological polar surface area (TPSA) is 67.2 Å². The van der Waals surface area contributed by atoms with Crippen LogP contribution in [0.25, 0.3) is 0 Å². The third-order valence-electron chi connectivity index (χ3n) is 4.65. The van der Waals surface area contributed by atoms with Gasteiger partial charge in [0.2, 0.25) is 0 Å². The number of carbonyl (C=O) groups excluding carboxylic acids is 1. The van der Waals surface area contributed by atoms with Crippen molar-refractivity contribution in [2.75, 3.05) is 0 Å². The molecule has 1 saturated carbocycles. The second kappa shape index (κ2) is 4.55. The van der Waals surface area contributed by atoms with Crippen LogP contribution in [0, 0.1) is 0 Å². The largest absolute Gasteiger partial charge is 0.360 e. The predicted molar refractivity (Wildman–Crippen MR) is 69.2 cm³/mol. The van der Waals surface area contributed by atoms with Crippen LogP contribution >= 0.6 is 0 Å². The van der Waals surface area contributed by atoms with E-state index >= 15 is 0 Å². The average Bonchev–Trinajstić information content (AvgIpc) is 2.87. The smallest absolute Gasteiger partial charge is 0.273 e. The fourth-order valence-corrected chi connectivity index (χ4v) is 3.46. The number of nitrogens with one attached hydrogen (secondary N) is 2. The Labute approximate surface area is 116 Å². The van der Waals surface area contributed by atoms with Gasteiger partial charge >= 0.3 is 0 Å². The van der Waals surface area contributed by atoms with Gasteiger partial charge in [-0.2, -0.15) is 0 Å². The SMILES string of the molecule is O=C(NC1C[C@H]2CC[C@@H](C1)N2)c1cc([C@H]2C[C@@H]2F)on1. The Morgan fingerprint density at radius 2 is 2.05 bits per heavy atom. The van der Waals surface area contributed by atoms with Crippen LogP contribution in [0.15, 0.2) is 10.6 Å². The van der Waals surface area contributed by atoms with E-state index in [2.05, 4.69) is 15.8 Å². The maximum absolute atomic E-state index is 12.9. The second-order valence-electron chi connectivity index (χ2n) is 6.25. The van der Waals surface area contributed by atoms with E-state index in [0.717, 1.165) is 12.8 Å². The summed E-state index contributed by atoms with van der Waals surface area (Å²) in [6, 6.07) is 2.85. The Morgan fingerprint density at radius 1 is 1.35 bits per heavy atom. The summed E-state index contributed by atoms with van der Waals surface area (Å²) in [5.41, 5.74) is 0.268. The number of hydrogen-bond acceptors (Lipinski definition) is 4. The third-order valence-corrected chi connectivity index (χ3v) is 4.65. The van der Waals surface area contributed by atoms with Crippen molar-refractivity contribution < 1.29 is 13.7 Å². The molecule has 1 unspecified atom stereocenters. The predicted octanol–water partition coefficient (Wildman–Crippen LogP) is 1.51. The highest BCUT2D eigenvalue weighted by molar-refractivity contribution is 5.92. The van der Waals surface area contributed by atoms with Crippen LogP contribution in [0.2, 0.25) is 0 Å². The van der Waals surface area contributed by atoms with Gasteiger partial charge in [0.15, 0.2) is 5.69 Å². The molecule has 108 valence electrons. The van der Waals surface area contributed by atoms with Crippen LogP contribution in [-0.2, 0) is 0 Å². The Morgan fingerprint density at radius 3 is 2.70 bits per heavy atom. The monoisotopic (exact) mass is 279 g/mol. The molecule has 6 heteroatoms. The normalized spacial score (nSPS) is 38.8. The van der Waals surface area contributed by atoms with Crippen molar-refractivity contribution >= 4 is 5.91 Å². The number of halogens is 1. The van der Waals surface area contributed by atoms with Crippen molar-refractivity contribution in [3.8, 4) is 0 Å². The summed E-state index contributed by atoms with van der Waals surface area (Å²) in [6.45, 7) is 0. The molecule has 2 saturated heterocycles. The fraction of sp³-hybridized carbons (Fsp3) is 0.714. The highest BCUT2D eigenvalue weighted by Crippen LogP contribution is 2.43. The van der Waals surface area contributed by atoms with Crippen molar-refractivity contribution in [3.63, 3.8) is 0 Å². The maximum Gasteiger partial charge on any atom is 0.273 e. The summed E-state index contributed by atoms with van der Waals surface area (Å²) >= 11 is 0. The number of fused-ring (bicyclic) bond motifs is 2. The Balaban J connectivity index is 1.39. The molecule has 2 bridgehead atoms. The van der Waals surface area contributed by atoms with Crippen LogP contribution in [0.4, 0.5) is 4.39 Å². The summed E-state index contributed by atoms with van der Waals surface area (Å²) < 4.78 is 18.0.